The quantitative estimate of drug-likeness (QED) is 0.804. The molecule has 1 atom stereocenters. The smallest absolute Gasteiger partial charge is 0.0637 e. The van der Waals surface area contributed by atoms with Crippen molar-refractivity contribution in [3.8, 4) is 0 Å². The van der Waals surface area contributed by atoms with Crippen molar-refractivity contribution >= 4 is 5.69 Å². The van der Waals surface area contributed by atoms with Crippen LogP contribution in [0, 0.1) is 0 Å². The molecule has 0 spiro atoms. The third-order valence-corrected chi connectivity index (χ3v) is 3.35. The van der Waals surface area contributed by atoms with E-state index in [1.165, 1.54) is 24.1 Å². The Hall–Kier alpha value is -1.06. The molecule has 3 heteroatoms. The highest BCUT2D eigenvalue weighted by molar-refractivity contribution is 5.49. The summed E-state index contributed by atoms with van der Waals surface area (Å²) in [6.45, 7) is 3.81. The first kappa shape index (κ1) is 13.4. The molecule has 2 rings (SSSR count). The van der Waals surface area contributed by atoms with E-state index in [1.54, 1.807) is 7.11 Å². The van der Waals surface area contributed by atoms with Crippen LogP contribution in [-0.4, -0.2) is 32.3 Å². The Balaban J connectivity index is 2.01. The van der Waals surface area contributed by atoms with E-state index in [0.29, 0.717) is 0 Å². The van der Waals surface area contributed by atoms with Gasteiger partial charge in [-0.15, -0.1) is 0 Å². The number of hydrogen-bond acceptors (Lipinski definition) is 3. The first-order chi connectivity index (χ1) is 8.70. The van der Waals surface area contributed by atoms with Gasteiger partial charge in [-0.3, -0.25) is 0 Å². The van der Waals surface area contributed by atoms with Crippen molar-refractivity contribution in [2.45, 2.75) is 38.3 Å². The highest BCUT2D eigenvalue weighted by Crippen LogP contribution is 2.31. The van der Waals surface area contributed by atoms with Crippen LogP contribution in [0.1, 0.15) is 25.3 Å². The molecule has 1 saturated carbocycles. The van der Waals surface area contributed by atoms with E-state index < -0.39 is 0 Å². The summed E-state index contributed by atoms with van der Waals surface area (Å²) in [5.74, 6) is 0. The van der Waals surface area contributed by atoms with Gasteiger partial charge >= 0.3 is 0 Å². The molecule has 1 aliphatic carbocycles. The fourth-order valence-corrected chi connectivity index (χ4v) is 2.29. The van der Waals surface area contributed by atoms with Crippen molar-refractivity contribution < 1.29 is 4.74 Å². The summed E-state index contributed by atoms with van der Waals surface area (Å²) in [4.78, 5) is 2.46. The van der Waals surface area contributed by atoms with Crippen LogP contribution in [0.4, 0.5) is 5.69 Å². The molecule has 100 valence electrons. The molecule has 0 bridgehead atoms. The Morgan fingerprint density at radius 2 is 2.00 bits per heavy atom. The van der Waals surface area contributed by atoms with Crippen molar-refractivity contribution in [1.29, 1.82) is 0 Å². The van der Waals surface area contributed by atoms with Gasteiger partial charge in [0.1, 0.15) is 0 Å². The van der Waals surface area contributed by atoms with Crippen molar-refractivity contribution in [2.75, 3.05) is 25.2 Å². The lowest BCUT2D eigenvalue weighted by molar-refractivity contribution is 0.205. The van der Waals surface area contributed by atoms with E-state index in [0.717, 1.165) is 25.6 Å². The molecule has 0 saturated heterocycles. The Bertz CT molecular complexity index is 357. The fraction of sp³-hybridized carbons (Fsp3) is 0.600. The summed E-state index contributed by atoms with van der Waals surface area (Å²) >= 11 is 0. The Morgan fingerprint density at radius 3 is 2.50 bits per heavy atom. The standard InChI is InChI=1S/C15H24N2O/c1-12(16)11-13-3-5-14(6-4-13)17(9-10-18-2)15-7-8-15/h3-6,12,15H,7-11,16H2,1-2H3. The summed E-state index contributed by atoms with van der Waals surface area (Å²) < 4.78 is 5.19. The SMILES string of the molecule is COCCN(c1ccc(CC(C)N)cc1)C1CC1. The van der Waals surface area contributed by atoms with E-state index in [-0.39, 0.29) is 6.04 Å². The van der Waals surface area contributed by atoms with Crippen LogP contribution in [0.5, 0.6) is 0 Å². The molecular weight excluding hydrogens is 224 g/mol. The van der Waals surface area contributed by atoms with E-state index in [9.17, 15) is 0 Å². The molecule has 2 N–H and O–H groups in total. The maximum absolute atomic E-state index is 5.82. The van der Waals surface area contributed by atoms with Gasteiger partial charge in [0.15, 0.2) is 0 Å². The normalized spacial score (nSPS) is 16.6. The zero-order chi connectivity index (χ0) is 13.0. The van der Waals surface area contributed by atoms with E-state index in [1.807, 2.05) is 6.92 Å². The van der Waals surface area contributed by atoms with Crippen molar-refractivity contribution in [1.82, 2.24) is 0 Å². The molecule has 0 radical (unpaired) electrons. The largest absolute Gasteiger partial charge is 0.383 e. The lowest BCUT2D eigenvalue weighted by Gasteiger charge is -2.24. The molecule has 1 aromatic rings. The van der Waals surface area contributed by atoms with Gasteiger partial charge in [-0.2, -0.15) is 0 Å². The maximum Gasteiger partial charge on any atom is 0.0637 e. The molecule has 18 heavy (non-hydrogen) atoms. The fourth-order valence-electron chi connectivity index (χ4n) is 2.29. The van der Waals surface area contributed by atoms with Gasteiger partial charge in [0.05, 0.1) is 6.61 Å². The Labute approximate surface area is 110 Å². The number of ether oxygens (including phenoxy) is 1. The molecule has 0 heterocycles. The predicted molar refractivity (Wildman–Crippen MR) is 76.0 cm³/mol. The summed E-state index contributed by atoms with van der Waals surface area (Å²) in [5, 5.41) is 0. The lowest BCUT2D eigenvalue weighted by Crippen LogP contribution is -2.29. The minimum absolute atomic E-state index is 0.226. The van der Waals surface area contributed by atoms with Crippen LogP contribution in [0.25, 0.3) is 0 Å². The summed E-state index contributed by atoms with van der Waals surface area (Å²) in [5.41, 5.74) is 8.44. The molecular formula is C15H24N2O. The number of hydrogen-bond donors (Lipinski definition) is 1. The second-order valence-corrected chi connectivity index (χ2v) is 5.27. The van der Waals surface area contributed by atoms with Crippen molar-refractivity contribution in [3.63, 3.8) is 0 Å². The molecule has 1 aromatic carbocycles. The minimum Gasteiger partial charge on any atom is -0.383 e. The number of anilines is 1. The van der Waals surface area contributed by atoms with Crippen LogP contribution in [0.3, 0.4) is 0 Å². The second kappa shape index (κ2) is 6.21. The maximum atomic E-state index is 5.82. The van der Waals surface area contributed by atoms with E-state index >= 15 is 0 Å². The zero-order valence-electron chi connectivity index (χ0n) is 11.4. The highest BCUT2D eigenvalue weighted by atomic mass is 16.5. The van der Waals surface area contributed by atoms with Gasteiger partial charge < -0.3 is 15.4 Å². The van der Waals surface area contributed by atoms with Gasteiger partial charge in [-0.25, -0.2) is 0 Å². The van der Waals surface area contributed by atoms with Crippen LogP contribution in [-0.2, 0) is 11.2 Å². The van der Waals surface area contributed by atoms with E-state index in [2.05, 4.69) is 29.2 Å². The van der Waals surface area contributed by atoms with Gasteiger partial charge in [-0.1, -0.05) is 12.1 Å². The molecule has 1 unspecified atom stereocenters. The predicted octanol–water partition coefficient (Wildman–Crippen LogP) is 2.19. The first-order valence-corrected chi connectivity index (χ1v) is 6.81. The molecule has 1 aliphatic rings. The summed E-state index contributed by atoms with van der Waals surface area (Å²) in [7, 11) is 1.76. The van der Waals surface area contributed by atoms with Crippen LogP contribution in [0.2, 0.25) is 0 Å². The topological polar surface area (TPSA) is 38.5 Å². The van der Waals surface area contributed by atoms with Crippen LogP contribution in [0.15, 0.2) is 24.3 Å². The Kier molecular flexibility index (Phi) is 4.61. The average molecular weight is 248 g/mol. The molecule has 0 amide bonds. The van der Waals surface area contributed by atoms with Crippen molar-refractivity contribution in [2.24, 2.45) is 5.73 Å². The minimum atomic E-state index is 0.226. The third-order valence-electron chi connectivity index (χ3n) is 3.35. The van der Waals surface area contributed by atoms with Gasteiger partial charge in [0.25, 0.3) is 0 Å². The number of rotatable bonds is 7. The summed E-state index contributed by atoms with van der Waals surface area (Å²) in [6.07, 6.45) is 3.57. The highest BCUT2D eigenvalue weighted by Gasteiger charge is 2.28. The van der Waals surface area contributed by atoms with Gasteiger partial charge in [0, 0.05) is 31.4 Å². The number of methoxy groups -OCH3 is 1. The van der Waals surface area contributed by atoms with Crippen molar-refractivity contribution in [3.05, 3.63) is 29.8 Å². The Morgan fingerprint density at radius 1 is 1.33 bits per heavy atom. The number of nitrogens with zero attached hydrogens (tertiary/aromatic N) is 1. The molecule has 0 aromatic heterocycles. The second-order valence-electron chi connectivity index (χ2n) is 5.27. The number of benzene rings is 1. The van der Waals surface area contributed by atoms with Gasteiger partial charge in [0.2, 0.25) is 0 Å². The van der Waals surface area contributed by atoms with Crippen LogP contribution < -0.4 is 10.6 Å². The molecule has 3 nitrogen and oxygen atoms in total. The number of nitrogens with two attached hydrogens (primary N) is 1. The third kappa shape index (κ3) is 3.72. The molecule has 1 fully saturated rings. The van der Waals surface area contributed by atoms with E-state index in [4.69, 9.17) is 10.5 Å². The van der Waals surface area contributed by atoms with Crippen LogP contribution >= 0.6 is 0 Å². The monoisotopic (exact) mass is 248 g/mol. The average Bonchev–Trinajstić information content (AvgIpc) is 3.15. The van der Waals surface area contributed by atoms with Gasteiger partial charge in [-0.05, 0) is 43.9 Å². The molecule has 0 aliphatic heterocycles. The summed E-state index contributed by atoms with van der Waals surface area (Å²) in [6, 6.07) is 9.77. The lowest BCUT2D eigenvalue weighted by atomic mass is 10.1. The zero-order valence-corrected chi connectivity index (χ0v) is 11.4. The first-order valence-electron chi connectivity index (χ1n) is 6.81.